The predicted molar refractivity (Wildman–Crippen MR) is 62.3 cm³/mol. The summed E-state index contributed by atoms with van der Waals surface area (Å²) in [6, 6.07) is 1.14. The minimum absolute atomic E-state index is 0.111. The van der Waals surface area contributed by atoms with Gasteiger partial charge in [0.05, 0.1) is 17.2 Å². The van der Waals surface area contributed by atoms with Crippen molar-refractivity contribution < 1.29 is 31.1 Å². The summed E-state index contributed by atoms with van der Waals surface area (Å²) in [7, 11) is 0. The molecule has 0 radical (unpaired) electrons. The highest BCUT2D eigenvalue weighted by Gasteiger charge is 2.39. The number of hydrogen-bond donors (Lipinski definition) is 1. The maximum absolute atomic E-state index is 12.8. The second-order valence-corrected chi connectivity index (χ2v) is 4.99. The summed E-state index contributed by atoms with van der Waals surface area (Å²) in [6.45, 7) is 3.27. The van der Waals surface area contributed by atoms with Crippen LogP contribution in [0.1, 0.15) is 36.6 Å². The highest BCUT2D eigenvalue weighted by atomic mass is 19.4. The molecule has 1 heterocycles. The van der Waals surface area contributed by atoms with Crippen LogP contribution in [-0.4, -0.2) is 12.3 Å². The van der Waals surface area contributed by atoms with E-state index in [-0.39, 0.29) is 17.7 Å². The van der Waals surface area contributed by atoms with Gasteiger partial charge < -0.3 is 4.74 Å². The van der Waals surface area contributed by atoms with Crippen LogP contribution in [0.2, 0.25) is 0 Å². The number of alkyl halides is 6. The Morgan fingerprint density at radius 2 is 1.38 bits per heavy atom. The Kier molecular flexibility index (Phi) is 3.96. The largest absolute Gasteiger partial charge is 0.416 e. The molecule has 21 heavy (non-hydrogen) atoms. The van der Waals surface area contributed by atoms with E-state index in [0.29, 0.717) is 12.1 Å². The molecule has 8 heteroatoms. The number of benzene rings is 1. The molecule has 1 fully saturated rings. The standard InChI is InChI=1S/C13H13F6NO/c1-6-11(21-7(2)20-6)8-3-9(12(14,15)16)5-10(4-8)13(17,18)19/h3-7,11,20H,1-2H3. The molecule has 2 nitrogen and oxygen atoms in total. The lowest BCUT2D eigenvalue weighted by Gasteiger charge is -2.19. The third-order valence-electron chi connectivity index (χ3n) is 3.24. The third kappa shape index (κ3) is 3.49. The molecule has 3 unspecified atom stereocenters. The molecule has 1 aliphatic heterocycles. The van der Waals surface area contributed by atoms with Crippen LogP contribution in [0.4, 0.5) is 26.3 Å². The Hall–Kier alpha value is -1.28. The van der Waals surface area contributed by atoms with E-state index in [1.165, 1.54) is 0 Å². The molecule has 0 aliphatic carbocycles. The Bertz CT molecular complexity index is 492. The molecule has 118 valence electrons. The van der Waals surface area contributed by atoms with Gasteiger partial charge in [0.15, 0.2) is 0 Å². The molecule has 3 atom stereocenters. The van der Waals surface area contributed by atoms with E-state index in [1.54, 1.807) is 13.8 Å². The van der Waals surface area contributed by atoms with Crippen LogP contribution in [-0.2, 0) is 17.1 Å². The first-order valence-corrected chi connectivity index (χ1v) is 6.19. The van der Waals surface area contributed by atoms with Crippen molar-refractivity contribution in [2.75, 3.05) is 0 Å². The molecule has 2 rings (SSSR count). The van der Waals surface area contributed by atoms with Crippen molar-refractivity contribution in [1.29, 1.82) is 0 Å². The zero-order valence-corrected chi connectivity index (χ0v) is 11.1. The van der Waals surface area contributed by atoms with Crippen molar-refractivity contribution in [3.63, 3.8) is 0 Å². The van der Waals surface area contributed by atoms with E-state index in [2.05, 4.69) is 5.32 Å². The number of rotatable bonds is 1. The molecule has 1 aromatic carbocycles. The van der Waals surface area contributed by atoms with Crippen molar-refractivity contribution >= 4 is 0 Å². The van der Waals surface area contributed by atoms with E-state index < -0.39 is 35.8 Å². The lowest BCUT2D eigenvalue weighted by molar-refractivity contribution is -0.143. The minimum atomic E-state index is -4.85. The van der Waals surface area contributed by atoms with Crippen molar-refractivity contribution in [3.8, 4) is 0 Å². The first kappa shape index (κ1) is 16.1. The van der Waals surface area contributed by atoms with Crippen molar-refractivity contribution in [3.05, 3.63) is 34.9 Å². The molecule has 0 aromatic heterocycles. The molecule has 1 N–H and O–H groups in total. The highest BCUT2D eigenvalue weighted by molar-refractivity contribution is 5.35. The number of halogens is 6. The third-order valence-corrected chi connectivity index (χ3v) is 3.24. The Morgan fingerprint density at radius 3 is 1.71 bits per heavy atom. The lowest BCUT2D eigenvalue weighted by Crippen LogP contribution is -2.26. The van der Waals surface area contributed by atoms with Crippen LogP contribution >= 0.6 is 0 Å². The van der Waals surface area contributed by atoms with E-state index in [1.807, 2.05) is 0 Å². The molecule has 1 aromatic rings. The average molecular weight is 313 g/mol. The van der Waals surface area contributed by atoms with Crippen LogP contribution < -0.4 is 5.32 Å². The minimum Gasteiger partial charge on any atom is -0.354 e. The Morgan fingerprint density at radius 1 is 0.905 bits per heavy atom. The number of nitrogens with one attached hydrogen (secondary N) is 1. The lowest BCUT2D eigenvalue weighted by atomic mass is 9.98. The second kappa shape index (κ2) is 5.17. The normalized spacial score (nSPS) is 27.1. The second-order valence-electron chi connectivity index (χ2n) is 4.99. The zero-order valence-electron chi connectivity index (χ0n) is 11.1. The summed E-state index contributed by atoms with van der Waals surface area (Å²) >= 11 is 0. The summed E-state index contributed by atoms with van der Waals surface area (Å²) in [4.78, 5) is 0. The molecule has 1 aliphatic rings. The van der Waals surface area contributed by atoms with Crippen LogP contribution in [0.3, 0.4) is 0 Å². The van der Waals surface area contributed by atoms with Gasteiger partial charge >= 0.3 is 12.4 Å². The van der Waals surface area contributed by atoms with Gasteiger partial charge in [-0.1, -0.05) is 0 Å². The van der Waals surface area contributed by atoms with Crippen molar-refractivity contribution in [1.82, 2.24) is 5.32 Å². The van der Waals surface area contributed by atoms with Gasteiger partial charge in [0, 0.05) is 6.04 Å². The molecule has 0 amide bonds. The van der Waals surface area contributed by atoms with E-state index in [9.17, 15) is 26.3 Å². The van der Waals surface area contributed by atoms with Crippen molar-refractivity contribution in [2.45, 2.75) is 44.6 Å². The Balaban J connectivity index is 2.51. The summed E-state index contributed by atoms with van der Waals surface area (Å²) in [5, 5.41) is 2.90. The summed E-state index contributed by atoms with van der Waals surface area (Å²) in [6.07, 6.45) is -11.0. The molecule has 0 saturated carbocycles. The molecular weight excluding hydrogens is 300 g/mol. The number of hydrogen-bond acceptors (Lipinski definition) is 2. The van der Waals surface area contributed by atoms with Gasteiger partial charge in [-0.3, -0.25) is 5.32 Å². The zero-order chi connectivity index (χ0) is 16.0. The molecule has 0 bridgehead atoms. The summed E-state index contributed by atoms with van der Waals surface area (Å²) in [5.74, 6) is 0. The molecular formula is C13H13F6NO. The quantitative estimate of drug-likeness (QED) is 0.788. The van der Waals surface area contributed by atoms with Crippen LogP contribution in [0.5, 0.6) is 0 Å². The smallest absolute Gasteiger partial charge is 0.354 e. The van der Waals surface area contributed by atoms with Crippen LogP contribution in [0.25, 0.3) is 0 Å². The summed E-state index contributed by atoms with van der Waals surface area (Å²) < 4.78 is 82.0. The average Bonchev–Trinajstić information content (AvgIpc) is 2.65. The topological polar surface area (TPSA) is 21.3 Å². The van der Waals surface area contributed by atoms with Gasteiger partial charge in [-0.15, -0.1) is 0 Å². The van der Waals surface area contributed by atoms with Gasteiger partial charge in [-0.2, -0.15) is 26.3 Å². The first-order valence-electron chi connectivity index (χ1n) is 6.19. The van der Waals surface area contributed by atoms with E-state index >= 15 is 0 Å². The first-order chi connectivity index (χ1) is 9.48. The Labute approximate surface area is 117 Å². The van der Waals surface area contributed by atoms with Gasteiger partial charge in [0.1, 0.15) is 6.23 Å². The maximum atomic E-state index is 12.8. The van der Waals surface area contributed by atoms with Crippen molar-refractivity contribution in [2.24, 2.45) is 0 Å². The van der Waals surface area contributed by atoms with E-state index in [4.69, 9.17) is 4.74 Å². The van der Waals surface area contributed by atoms with Gasteiger partial charge in [-0.05, 0) is 37.6 Å². The summed E-state index contributed by atoms with van der Waals surface area (Å²) in [5.41, 5.74) is -2.80. The SMILES string of the molecule is CC1NC(C)C(c2cc(C(F)(F)F)cc(C(F)(F)F)c2)O1. The fourth-order valence-electron chi connectivity index (χ4n) is 2.35. The maximum Gasteiger partial charge on any atom is 0.416 e. The highest BCUT2D eigenvalue weighted by Crippen LogP contribution is 2.39. The monoisotopic (exact) mass is 313 g/mol. The predicted octanol–water partition coefficient (Wildman–Crippen LogP) is 4.12. The fraction of sp³-hybridized carbons (Fsp3) is 0.538. The van der Waals surface area contributed by atoms with Crippen LogP contribution in [0, 0.1) is 0 Å². The molecule has 1 saturated heterocycles. The fourth-order valence-corrected chi connectivity index (χ4v) is 2.35. The number of ether oxygens (including phenoxy) is 1. The van der Waals surface area contributed by atoms with Gasteiger partial charge in [-0.25, -0.2) is 0 Å². The van der Waals surface area contributed by atoms with E-state index in [0.717, 1.165) is 0 Å². The van der Waals surface area contributed by atoms with Gasteiger partial charge in [0.2, 0.25) is 0 Å². The van der Waals surface area contributed by atoms with Crippen LogP contribution in [0.15, 0.2) is 18.2 Å². The van der Waals surface area contributed by atoms with Gasteiger partial charge in [0.25, 0.3) is 0 Å². The molecule has 0 spiro atoms.